The van der Waals surface area contributed by atoms with Gasteiger partial charge in [0.05, 0.1) is 11.7 Å². The second-order valence-corrected chi connectivity index (χ2v) is 10.4. The van der Waals surface area contributed by atoms with E-state index in [2.05, 4.69) is 15.3 Å². The summed E-state index contributed by atoms with van der Waals surface area (Å²) in [5.41, 5.74) is 0.854. The summed E-state index contributed by atoms with van der Waals surface area (Å²) in [6.45, 7) is 2.95. The third-order valence-electron chi connectivity index (χ3n) is 6.29. The van der Waals surface area contributed by atoms with E-state index in [4.69, 9.17) is 0 Å². The molecule has 10 heteroatoms. The number of fused-ring (bicyclic) bond motifs is 1. The summed E-state index contributed by atoms with van der Waals surface area (Å²) in [7, 11) is -3.67. The van der Waals surface area contributed by atoms with Gasteiger partial charge in [-0.1, -0.05) is 23.4 Å². The number of nitrogens with zero attached hydrogens (tertiary/aromatic N) is 6. The Balaban J connectivity index is 1.31. The largest absolute Gasteiger partial charge is 0.337 e. The van der Waals surface area contributed by atoms with E-state index in [1.54, 1.807) is 39.6 Å². The van der Waals surface area contributed by atoms with Gasteiger partial charge in [-0.3, -0.25) is 14.5 Å². The highest BCUT2D eigenvalue weighted by atomic mass is 32.2. The smallest absolute Gasteiger partial charge is 0.276 e. The maximum atomic E-state index is 13.4. The van der Waals surface area contributed by atoms with Gasteiger partial charge in [0.1, 0.15) is 4.90 Å². The molecule has 2 aliphatic rings. The maximum Gasteiger partial charge on any atom is 0.276 e. The number of para-hydroxylation sites is 1. The molecule has 0 spiro atoms. The molecule has 0 aliphatic carbocycles. The van der Waals surface area contributed by atoms with Crippen LogP contribution in [-0.4, -0.2) is 69.7 Å². The fourth-order valence-corrected chi connectivity index (χ4v) is 6.37. The Kier molecular flexibility index (Phi) is 5.64. The first-order valence-electron chi connectivity index (χ1n) is 11.1. The standard InChI is InChI=1S/C22H26N6O3S/c29-22(26-11-1-2-12-26)19-16-27(25-24-19)14-17-6-5-13-28(15-17)32(30,31)20-9-3-7-18-8-4-10-23-21(18)20/h3-4,7-10,16-17H,1-2,5-6,11-15H2/t17-/m0/s1. The van der Waals surface area contributed by atoms with E-state index in [-0.39, 0.29) is 16.7 Å². The molecule has 0 bridgehead atoms. The average molecular weight is 455 g/mol. The molecule has 2 aliphatic heterocycles. The molecule has 0 radical (unpaired) electrons. The number of carbonyl (C=O) groups excluding carboxylic acids is 1. The minimum atomic E-state index is -3.67. The molecule has 1 aromatic carbocycles. The van der Waals surface area contributed by atoms with E-state index in [1.165, 1.54) is 0 Å². The van der Waals surface area contributed by atoms with Crippen LogP contribution in [0.15, 0.2) is 47.6 Å². The van der Waals surface area contributed by atoms with Gasteiger partial charge < -0.3 is 4.90 Å². The van der Waals surface area contributed by atoms with E-state index in [1.807, 2.05) is 17.0 Å². The van der Waals surface area contributed by atoms with Crippen LogP contribution in [-0.2, 0) is 16.6 Å². The Bertz CT molecular complexity index is 1230. The number of aromatic nitrogens is 4. The molecule has 3 aromatic rings. The quantitative estimate of drug-likeness (QED) is 0.586. The van der Waals surface area contributed by atoms with Crippen molar-refractivity contribution < 1.29 is 13.2 Å². The lowest BCUT2D eigenvalue weighted by Gasteiger charge is -2.32. The molecule has 0 N–H and O–H groups in total. The van der Waals surface area contributed by atoms with Crippen molar-refractivity contribution in [3.63, 3.8) is 0 Å². The highest BCUT2D eigenvalue weighted by Crippen LogP contribution is 2.28. The van der Waals surface area contributed by atoms with Gasteiger partial charge in [0, 0.05) is 44.3 Å². The van der Waals surface area contributed by atoms with Gasteiger partial charge >= 0.3 is 0 Å². The molecule has 168 valence electrons. The third kappa shape index (κ3) is 4.00. The van der Waals surface area contributed by atoms with E-state index in [0.717, 1.165) is 44.2 Å². The average Bonchev–Trinajstić information content (AvgIpc) is 3.51. The van der Waals surface area contributed by atoms with Crippen molar-refractivity contribution >= 4 is 26.8 Å². The van der Waals surface area contributed by atoms with Crippen molar-refractivity contribution in [1.29, 1.82) is 0 Å². The van der Waals surface area contributed by atoms with Crippen LogP contribution in [0.4, 0.5) is 0 Å². The zero-order valence-electron chi connectivity index (χ0n) is 17.8. The molecule has 0 saturated carbocycles. The summed E-state index contributed by atoms with van der Waals surface area (Å²) in [4.78, 5) is 18.9. The topological polar surface area (TPSA) is 101 Å². The summed E-state index contributed by atoms with van der Waals surface area (Å²) >= 11 is 0. The van der Waals surface area contributed by atoms with Crippen LogP contribution in [0.1, 0.15) is 36.2 Å². The molecule has 5 rings (SSSR count). The summed E-state index contributed by atoms with van der Waals surface area (Å²) in [6, 6.07) is 8.92. The Hall–Kier alpha value is -2.85. The second kappa shape index (κ2) is 8.59. The summed E-state index contributed by atoms with van der Waals surface area (Å²) in [6.07, 6.45) is 7.03. The van der Waals surface area contributed by atoms with Crippen LogP contribution >= 0.6 is 0 Å². The molecule has 2 saturated heterocycles. The Morgan fingerprint density at radius 1 is 1.06 bits per heavy atom. The van der Waals surface area contributed by atoms with E-state index >= 15 is 0 Å². The number of benzene rings is 1. The lowest BCUT2D eigenvalue weighted by atomic mass is 10.00. The molecular formula is C22H26N6O3S. The van der Waals surface area contributed by atoms with Crippen molar-refractivity contribution in [2.75, 3.05) is 26.2 Å². The summed E-state index contributed by atoms with van der Waals surface area (Å²) in [5, 5.41) is 8.99. The van der Waals surface area contributed by atoms with Crippen molar-refractivity contribution in [2.24, 2.45) is 5.92 Å². The SMILES string of the molecule is O=C(c1cn(C[C@@H]2CCCN(S(=O)(=O)c3cccc4cccnc34)C2)nn1)N1CCCC1. The molecular weight excluding hydrogens is 428 g/mol. The first-order valence-corrected chi connectivity index (χ1v) is 12.5. The number of hydrogen-bond donors (Lipinski definition) is 0. The predicted molar refractivity (Wildman–Crippen MR) is 118 cm³/mol. The van der Waals surface area contributed by atoms with E-state index < -0.39 is 10.0 Å². The Morgan fingerprint density at radius 3 is 2.72 bits per heavy atom. The molecule has 4 heterocycles. The van der Waals surface area contributed by atoms with Crippen LogP contribution in [0.2, 0.25) is 0 Å². The summed E-state index contributed by atoms with van der Waals surface area (Å²) in [5.74, 6) is 0.0166. The van der Waals surface area contributed by atoms with Gasteiger partial charge in [-0.2, -0.15) is 4.31 Å². The van der Waals surface area contributed by atoms with E-state index in [0.29, 0.717) is 30.8 Å². The fourth-order valence-electron chi connectivity index (χ4n) is 4.65. The zero-order valence-corrected chi connectivity index (χ0v) is 18.6. The van der Waals surface area contributed by atoms with Gasteiger partial charge in [0.2, 0.25) is 10.0 Å². The third-order valence-corrected chi connectivity index (χ3v) is 8.19. The van der Waals surface area contributed by atoms with Gasteiger partial charge in [-0.25, -0.2) is 8.42 Å². The van der Waals surface area contributed by atoms with Gasteiger partial charge in [0.15, 0.2) is 5.69 Å². The number of likely N-dealkylation sites (tertiary alicyclic amines) is 1. The lowest BCUT2D eigenvalue weighted by molar-refractivity contribution is 0.0787. The Labute approximate surface area is 187 Å². The number of hydrogen-bond acceptors (Lipinski definition) is 6. The number of carbonyl (C=O) groups is 1. The molecule has 1 atom stereocenters. The minimum Gasteiger partial charge on any atom is -0.337 e. The first kappa shape index (κ1) is 21.0. The van der Waals surface area contributed by atoms with Crippen molar-refractivity contribution in [1.82, 2.24) is 29.2 Å². The number of pyridine rings is 1. The monoisotopic (exact) mass is 454 g/mol. The van der Waals surface area contributed by atoms with Gasteiger partial charge in [0.25, 0.3) is 5.91 Å². The molecule has 9 nitrogen and oxygen atoms in total. The number of rotatable bonds is 5. The van der Waals surface area contributed by atoms with Crippen molar-refractivity contribution in [3.05, 3.63) is 48.4 Å². The Morgan fingerprint density at radius 2 is 1.88 bits per heavy atom. The van der Waals surface area contributed by atoms with Crippen molar-refractivity contribution in [2.45, 2.75) is 37.1 Å². The normalized spacial score (nSPS) is 20.1. The maximum absolute atomic E-state index is 13.4. The summed E-state index contributed by atoms with van der Waals surface area (Å²) < 4.78 is 30.1. The van der Waals surface area contributed by atoms with Crippen LogP contribution in [0.3, 0.4) is 0 Å². The van der Waals surface area contributed by atoms with Crippen LogP contribution in [0, 0.1) is 5.92 Å². The highest BCUT2D eigenvalue weighted by molar-refractivity contribution is 7.89. The van der Waals surface area contributed by atoms with E-state index in [9.17, 15) is 13.2 Å². The molecule has 2 fully saturated rings. The second-order valence-electron chi connectivity index (χ2n) is 8.53. The molecule has 1 amide bonds. The number of sulfonamides is 1. The highest BCUT2D eigenvalue weighted by Gasteiger charge is 2.32. The van der Waals surface area contributed by atoms with Crippen LogP contribution in [0.5, 0.6) is 0 Å². The predicted octanol–water partition coefficient (Wildman–Crippen LogP) is 2.16. The lowest BCUT2D eigenvalue weighted by Crippen LogP contribution is -2.41. The molecule has 0 unspecified atom stereocenters. The number of piperidine rings is 1. The van der Waals surface area contributed by atoms with Gasteiger partial charge in [-0.15, -0.1) is 5.10 Å². The van der Waals surface area contributed by atoms with Crippen LogP contribution in [0.25, 0.3) is 10.9 Å². The molecule has 32 heavy (non-hydrogen) atoms. The minimum absolute atomic E-state index is 0.0787. The van der Waals surface area contributed by atoms with Crippen molar-refractivity contribution in [3.8, 4) is 0 Å². The fraction of sp³-hybridized carbons (Fsp3) is 0.455. The molecule has 2 aromatic heterocycles. The number of amides is 1. The van der Waals surface area contributed by atoms with Gasteiger partial charge in [-0.05, 0) is 43.7 Å². The van der Waals surface area contributed by atoms with Crippen LogP contribution < -0.4 is 0 Å². The zero-order chi connectivity index (χ0) is 22.1. The first-order chi connectivity index (χ1) is 15.5.